The maximum atomic E-state index is 16.0. The Morgan fingerprint density at radius 3 is 1.33 bits per heavy atom. The van der Waals surface area contributed by atoms with E-state index in [1.54, 1.807) is 0 Å². The van der Waals surface area contributed by atoms with Crippen molar-refractivity contribution >= 4 is 12.6 Å². The molecule has 0 N–H and O–H groups in total. The minimum atomic E-state index is -5.68. The molecule has 0 fully saturated rings. The second kappa shape index (κ2) is 12.7. The van der Waals surface area contributed by atoms with Gasteiger partial charge in [-0.25, -0.2) is 74.6 Å². The van der Waals surface area contributed by atoms with Crippen LogP contribution in [0.25, 0.3) is 22.3 Å². The first-order valence-corrected chi connectivity index (χ1v) is 13.7. The lowest BCUT2D eigenvalue weighted by atomic mass is 9.72. The number of hydrogen-bond donors (Lipinski definition) is 0. The van der Waals surface area contributed by atoms with Gasteiger partial charge in [-0.1, -0.05) is 0 Å². The lowest BCUT2D eigenvalue weighted by Gasteiger charge is -2.24. The van der Waals surface area contributed by atoms with Gasteiger partial charge in [0.2, 0.25) is 17.5 Å². The van der Waals surface area contributed by atoms with Crippen molar-refractivity contribution in [3.05, 3.63) is 134 Å². The molecule has 1 aliphatic carbocycles. The third-order valence-electron chi connectivity index (χ3n) is 7.78. The summed E-state index contributed by atoms with van der Waals surface area (Å²) >= 11 is 0. The van der Waals surface area contributed by atoms with Gasteiger partial charge in [0.1, 0.15) is 11.6 Å². The lowest BCUT2D eigenvalue weighted by molar-refractivity contribution is 0.0433. The molecule has 0 saturated carbocycles. The van der Waals surface area contributed by atoms with E-state index in [0.29, 0.717) is 0 Å². The van der Waals surface area contributed by atoms with Crippen LogP contribution in [0.4, 0.5) is 87.8 Å². The molecular formula is C31H3BF20O2. The molecule has 5 aromatic rings. The zero-order valence-electron chi connectivity index (χ0n) is 24.7. The van der Waals surface area contributed by atoms with Crippen LogP contribution in [0.2, 0.25) is 0 Å². The summed E-state index contributed by atoms with van der Waals surface area (Å²) < 4.78 is 306. The van der Waals surface area contributed by atoms with Gasteiger partial charge in [-0.05, 0) is 12.1 Å². The molecule has 282 valence electrons. The normalized spacial score (nSPS) is 13.0. The predicted molar refractivity (Wildman–Crippen MR) is 139 cm³/mol. The van der Waals surface area contributed by atoms with Gasteiger partial charge in [0.25, 0.3) is 0 Å². The van der Waals surface area contributed by atoms with Crippen LogP contribution >= 0.6 is 0 Å². The van der Waals surface area contributed by atoms with Crippen molar-refractivity contribution in [2.24, 2.45) is 0 Å². The topological polar surface area (TPSA) is 18.5 Å². The number of halogens is 20. The number of rotatable bonds is 6. The largest absolute Gasteiger partial charge is 0.636 e. The van der Waals surface area contributed by atoms with Crippen LogP contribution in [0.3, 0.4) is 0 Å². The molecule has 0 aliphatic heterocycles. The first-order valence-electron chi connectivity index (χ1n) is 13.7. The van der Waals surface area contributed by atoms with Crippen molar-refractivity contribution in [1.82, 2.24) is 0 Å². The van der Waals surface area contributed by atoms with Crippen molar-refractivity contribution in [3.8, 4) is 33.8 Å². The van der Waals surface area contributed by atoms with Crippen LogP contribution < -0.4 is 14.8 Å². The predicted octanol–water partition coefficient (Wildman–Crippen LogP) is 9.83. The summed E-state index contributed by atoms with van der Waals surface area (Å²) in [5.41, 5.74) is -18.4. The zero-order chi connectivity index (χ0) is 40.2. The summed E-state index contributed by atoms with van der Waals surface area (Å²) in [7, 11) is -4.01. The Morgan fingerprint density at radius 1 is 0.389 bits per heavy atom. The second-order valence-electron chi connectivity index (χ2n) is 10.7. The van der Waals surface area contributed by atoms with E-state index in [-0.39, 0.29) is 18.2 Å². The summed E-state index contributed by atoms with van der Waals surface area (Å²) in [6, 6.07) is 0.249. The molecule has 54 heavy (non-hydrogen) atoms. The van der Waals surface area contributed by atoms with Crippen LogP contribution in [-0.2, 0) is 5.92 Å². The van der Waals surface area contributed by atoms with Gasteiger partial charge in [-0.3, -0.25) is 0 Å². The Morgan fingerprint density at radius 2 is 0.796 bits per heavy atom. The Bertz CT molecular complexity index is 2460. The van der Waals surface area contributed by atoms with E-state index < -0.39 is 168 Å². The SMILES string of the molecule is Fc1ccc(F)c(OB(Oc2c(F)c(F)c(F)c(F)c2-c2c(F)c(F)c(F)c(F)c2F)c2c(F)c(F)c(F)c3c2C(F)(F)c2c(F)c(F)c(F)c(F)c2-3)c1. The summed E-state index contributed by atoms with van der Waals surface area (Å²) in [4.78, 5) is 0. The van der Waals surface area contributed by atoms with E-state index in [0.717, 1.165) is 0 Å². The average Bonchev–Trinajstić information content (AvgIpc) is 3.37. The molecule has 2 nitrogen and oxygen atoms in total. The van der Waals surface area contributed by atoms with E-state index in [4.69, 9.17) is 0 Å². The van der Waals surface area contributed by atoms with E-state index in [2.05, 4.69) is 9.31 Å². The third kappa shape index (κ3) is 5.21. The Kier molecular flexibility index (Phi) is 9.00. The first kappa shape index (κ1) is 38.1. The van der Waals surface area contributed by atoms with Gasteiger partial charge in [0.15, 0.2) is 87.2 Å². The molecule has 5 aromatic carbocycles. The van der Waals surface area contributed by atoms with Gasteiger partial charge < -0.3 is 9.31 Å². The van der Waals surface area contributed by atoms with E-state index in [9.17, 15) is 57.1 Å². The standard InChI is InChI=1S/C31H3BF20O2/c33-4-1-2-5(34)6(3-4)53-32(54-30-10(18(39)25(46)28(49)29(30)50)9-16(37)23(44)27(48)24(45)17(9)38)13-11-7(14(35)21(42)20(13)41)8-12(31(11,51)52)19(40)26(47)22(43)15(8)36/h1-3H. The fraction of sp³-hybridized carbons (Fsp3) is 0.0323. The highest BCUT2D eigenvalue weighted by molar-refractivity contribution is 6.63. The van der Waals surface area contributed by atoms with Crippen molar-refractivity contribution in [2.45, 2.75) is 5.92 Å². The minimum absolute atomic E-state index is 0.104. The van der Waals surface area contributed by atoms with Crippen molar-refractivity contribution in [2.75, 3.05) is 0 Å². The van der Waals surface area contributed by atoms with Gasteiger partial charge in [-0.2, -0.15) is 13.2 Å². The number of benzene rings is 5. The highest BCUT2D eigenvalue weighted by Gasteiger charge is 2.57. The third-order valence-corrected chi connectivity index (χ3v) is 7.78. The van der Waals surface area contributed by atoms with Crippen LogP contribution in [0, 0.1) is 105 Å². The second-order valence-corrected chi connectivity index (χ2v) is 10.7. The molecule has 0 radical (unpaired) electrons. The monoisotopic (exact) mass is 798 g/mol. The Hall–Kier alpha value is -5.64. The van der Waals surface area contributed by atoms with Gasteiger partial charge in [-0.15, -0.1) is 0 Å². The molecule has 0 saturated heterocycles. The molecule has 0 aromatic heterocycles. The van der Waals surface area contributed by atoms with Gasteiger partial charge >= 0.3 is 13.0 Å². The fourth-order valence-corrected chi connectivity index (χ4v) is 5.45. The van der Waals surface area contributed by atoms with Crippen LogP contribution in [-0.4, -0.2) is 7.12 Å². The minimum Gasteiger partial charge on any atom is -0.520 e. The van der Waals surface area contributed by atoms with E-state index in [1.165, 1.54) is 0 Å². The zero-order valence-corrected chi connectivity index (χ0v) is 24.7. The molecular weight excluding hydrogens is 795 g/mol. The van der Waals surface area contributed by atoms with Crippen LogP contribution in [0.1, 0.15) is 11.1 Å². The molecule has 0 atom stereocenters. The Balaban J connectivity index is 1.76. The highest BCUT2D eigenvalue weighted by atomic mass is 19.3. The van der Waals surface area contributed by atoms with Gasteiger partial charge in [0, 0.05) is 22.8 Å². The van der Waals surface area contributed by atoms with Crippen molar-refractivity contribution < 1.29 is 97.1 Å². The first-order chi connectivity index (χ1) is 25.1. The molecule has 23 heteroatoms. The Labute approximate surface area is 283 Å². The molecule has 6 rings (SSSR count). The molecule has 0 heterocycles. The fourth-order valence-electron chi connectivity index (χ4n) is 5.45. The lowest BCUT2D eigenvalue weighted by Crippen LogP contribution is -2.49. The summed E-state index contributed by atoms with van der Waals surface area (Å²) in [6.45, 7) is 0. The molecule has 0 unspecified atom stereocenters. The summed E-state index contributed by atoms with van der Waals surface area (Å²) in [5, 5.41) is 0. The van der Waals surface area contributed by atoms with Crippen molar-refractivity contribution in [3.63, 3.8) is 0 Å². The maximum Gasteiger partial charge on any atom is 0.636 e. The number of alkyl halides is 2. The van der Waals surface area contributed by atoms with E-state index >= 15 is 30.7 Å². The number of hydrogen-bond acceptors (Lipinski definition) is 2. The summed E-state index contributed by atoms with van der Waals surface area (Å²) in [6.07, 6.45) is 0. The summed E-state index contributed by atoms with van der Waals surface area (Å²) in [5.74, 6) is -62.9. The highest BCUT2D eigenvalue weighted by Crippen LogP contribution is 2.55. The average molecular weight is 798 g/mol. The van der Waals surface area contributed by atoms with Crippen LogP contribution in [0.15, 0.2) is 18.2 Å². The molecule has 0 amide bonds. The maximum absolute atomic E-state index is 16.0. The quantitative estimate of drug-likeness (QED) is 0.0738. The van der Waals surface area contributed by atoms with E-state index in [1.807, 2.05) is 0 Å². The van der Waals surface area contributed by atoms with Gasteiger partial charge in [0.05, 0.1) is 22.2 Å². The smallest absolute Gasteiger partial charge is 0.520 e. The van der Waals surface area contributed by atoms with Crippen molar-refractivity contribution in [1.29, 1.82) is 0 Å². The molecule has 0 bridgehead atoms. The number of fused-ring (bicyclic) bond motifs is 3. The molecule has 0 spiro atoms. The van der Waals surface area contributed by atoms with Crippen LogP contribution in [0.5, 0.6) is 11.5 Å². The molecule has 1 aliphatic rings.